The minimum Gasteiger partial charge on any atom is -0.299 e. The first kappa shape index (κ1) is 17.0. The maximum atomic E-state index is 12.2. The van der Waals surface area contributed by atoms with Crippen LogP contribution in [0, 0.1) is 11.8 Å². The lowest BCUT2D eigenvalue weighted by atomic mass is 9.71. The van der Waals surface area contributed by atoms with Gasteiger partial charge in [-0.05, 0) is 41.8 Å². The fourth-order valence-corrected chi connectivity index (χ4v) is 4.32. The maximum absolute atomic E-state index is 12.2. The van der Waals surface area contributed by atoms with Gasteiger partial charge in [0.15, 0.2) is 0 Å². The number of carbonyl (C=O) groups excluding carboxylic acids is 1. The Morgan fingerprint density at radius 2 is 1.96 bits per heavy atom. The van der Waals surface area contributed by atoms with Crippen molar-refractivity contribution >= 4 is 38.6 Å². The minimum atomic E-state index is -0.583. The van der Waals surface area contributed by atoms with Crippen LogP contribution in [0.3, 0.4) is 0 Å². The first-order valence-electron chi connectivity index (χ1n) is 8.71. The Kier molecular flexibility index (Phi) is 4.30. The summed E-state index contributed by atoms with van der Waals surface area (Å²) in [6, 6.07) is 12.4. The molecule has 1 heterocycles. The predicted molar refractivity (Wildman–Crippen MR) is 102 cm³/mol. The molecule has 1 aliphatic carbocycles. The first-order chi connectivity index (χ1) is 12.0. The molecule has 2 aromatic rings. The molecule has 2 aromatic carbocycles. The van der Waals surface area contributed by atoms with Gasteiger partial charge in [0.25, 0.3) is 0 Å². The number of benzene rings is 2. The summed E-state index contributed by atoms with van der Waals surface area (Å²) in [6.07, 6.45) is 5.45. The summed E-state index contributed by atoms with van der Waals surface area (Å²) >= 11 is 3.61. The SMILES string of the molecule is C[C@@H]1C(=O)C[C@H]2C[C@@H]1OO[C@@]2(C)/C=C\c1ccc(Br)c2ccccc12. The monoisotopic (exact) mass is 400 g/mol. The second-order valence-electron chi connectivity index (χ2n) is 7.31. The Bertz CT molecular complexity index is 859. The molecule has 1 saturated carbocycles. The normalized spacial score (nSPS) is 32.4. The second kappa shape index (κ2) is 6.35. The number of ketones is 1. The number of rotatable bonds is 2. The van der Waals surface area contributed by atoms with E-state index in [0.717, 1.165) is 16.5 Å². The van der Waals surface area contributed by atoms with E-state index in [4.69, 9.17) is 9.78 Å². The molecular weight excluding hydrogens is 380 g/mol. The molecule has 2 fully saturated rings. The highest BCUT2D eigenvalue weighted by Crippen LogP contribution is 2.43. The zero-order valence-corrected chi connectivity index (χ0v) is 16.0. The van der Waals surface area contributed by atoms with Crippen molar-refractivity contribution in [3.05, 3.63) is 52.5 Å². The standard InChI is InChI=1S/C21H21BrO3/c1-13-19(23)11-15-12-20(13)24-25-21(15,2)10-9-14-7-8-18(22)17-6-4-3-5-16(14)17/h3-10,13,15,20H,11-12H2,1-2H3/b10-9-/t13-,15+,20+,21+/m1/s1. The Morgan fingerprint density at radius 3 is 2.76 bits per heavy atom. The van der Waals surface area contributed by atoms with Gasteiger partial charge in [0.05, 0.1) is 0 Å². The van der Waals surface area contributed by atoms with E-state index in [2.05, 4.69) is 46.3 Å². The Hall–Kier alpha value is -1.49. The molecule has 0 aromatic heterocycles. The second-order valence-corrected chi connectivity index (χ2v) is 8.16. The molecule has 130 valence electrons. The molecule has 4 atom stereocenters. The highest BCUT2D eigenvalue weighted by Gasteiger charge is 2.48. The molecule has 0 unspecified atom stereocenters. The van der Waals surface area contributed by atoms with Crippen LogP contribution in [-0.2, 0) is 14.6 Å². The third-order valence-corrected chi connectivity index (χ3v) is 6.38. The number of halogens is 1. The molecule has 4 rings (SSSR count). The van der Waals surface area contributed by atoms with Crippen molar-refractivity contribution in [3.63, 3.8) is 0 Å². The lowest BCUT2D eigenvalue weighted by Gasteiger charge is -2.45. The maximum Gasteiger partial charge on any atom is 0.138 e. The van der Waals surface area contributed by atoms with Crippen molar-refractivity contribution < 1.29 is 14.6 Å². The quantitative estimate of drug-likeness (QED) is 0.639. The van der Waals surface area contributed by atoms with Crippen LogP contribution in [0.2, 0.25) is 0 Å². The average molecular weight is 401 g/mol. The van der Waals surface area contributed by atoms with Crippen molar-refractivity contribution in [1.82, 2.24) is 0 Å². The van der Waals surface area contributed by atoms with Crippen LogP contribution in [0.15, 0.2) is 46.9 Å². The van der Waals surface area contributed by atoms with Crippen molar-refractivity contribution in [1.29, 1.82) is 0 Å². The summed E-state index contributed by atoms with van der Waals surface area (Å²) in [5, 5.41) is 2.36. The predicted octanol–water partition coefficient (Wildman–Crippen LogP) is 5.32. The number of Topliss-reactive ketones (excluding diaryl/α,β-unsaturated/α-hetero) is 1. The molecule has 0 spiro atoms. The van der Waals surface area contributed by atoms with Crippen molar-refractivity contribution in [3.8, 4) is 0 Å². The van der Waals surface area contributed by atoms with Crippen LogP contribution in [-0.4, -0.2) is 17.5 Å². The Labute approximate surface area is 156 Å². The number of fused-ring (bicyclic) bond motifs is 3. The van der Waals surface area contributed by atoms with Crippen LogP contribution in [0.5, 0.6) is 0 Å². The minimum absolute atomic E-state index is 0.0693. The number of carbonyl (C=O) groups is 1. The molecule has 0 N–H and O–H groups in total. The van der Waals surface area contributed by atoms with Gasteiger partial charge in [0.2, 0.25) is 0 Å². The zero-order chi connectivity index (χ0) is 17.6. The Balaban J connectivity index is 1.66. The van der Waals surface area contributed by atoms with Gasteiger partial charge in [0.1, 0.15) is 17.5 Å². The van der Waals surface area contributed by atoms with Gasteiger partial charge in [-0.15, -0.1) is 0 Å². The van der Waals surface area contributed by atoms with Gasteiger partial charge in [-0.1, -0.05) is 59.3 Å². The lowest BCUT2D eigenvalue weighted by Crippen LogP contribution is -2.51. The van der Waals surface area contributed by atoms with Gasteiger partial charge >= 0.3 is 0 Å². The highest BCUT2D eigenvalue weighted by molar-refractivity contribution is 9.10. The van der Waals surface area contributed by atoms with Crippen LogP contribution >= 0.6 is 15.9 Å². The summed E-state index contributed by atoms with van der Waals surface area (Å²) < 4.78 is 1.08. The van der Waals surface area contributed by atoms with Crippen molar-refractivity contribution in [2.45, 2.75) is 38.4 Å². The molecule has 0 radical (unpaired) electrons. The topological polar surface area (TPSA) is 35.5 Å². The smallest absolute Gasteiger partial charge is 0.138 e. The van der Waals surface area contributed by atoms with E-state index < -0.39 is 5.60 Å². The van der Waals surface area contributed by atoms with Gasteiger partial charge in [0, 0.05) is 22.7 Å². The van der Waals surface area contributed by atoms with E-state index in [-0.39, 0.29) is 23.7 Å². The van der Waals surface area contributed by atoms with Gasteiger partial charge in [-0.25, -0.2) is 9.78 Å². The van der Waals surface area contributed by atoms with Crippen molar-refractivity contribution in [2.24, 2.45) is 11.8 Å². The van der Waals surface area contributed by atoms with E-state index in [0.29, 0.717) is 6.42 Å². The summed E-state index contributed by atoms with van der Waals surface area (Å²) in [4.78, 5) is 23.5. The molecule has 25 heavy (non-hydrogen) atoms. The van der Waals surface area contributed by atoms with E-state index in [1.165, 1.54) is 10.8 Å². The summed E-state index contributed by atoms with van der Waals surface area (Å²) in [7, 11) is 0. The highest BCUT2D eigenvalue weighted by atomic mass is 79.9. The third kappa shape index (κ3) is 2.97. The molecular formula is C21H21BrO3. The molecule has 2 bridgehead atoms. The largest absolute Gasteiger partial charge is 0.299 e. The fraction of sp³-hybridized carbons (Fsp3) is 0.381. The molecule has 1 saturated heterocycles. The van der Waals surface area contributed by atoms with Crippen LogP contribution < -0.4 is 0 Å². The van der Waals surface area contributed by atoms with E-state index in [9.17, 15) is 4.79 Å². The van der Waals surface area contributed by atoms with Gasteiger partial charge < -0.3 is 0 Å². The lowest BCUT2D eigenvalue weighted by molar-refractivity contribution is -0.415. The third-order valence-electron chi connectivity index (χ3n) is 5.69. The molecule has 1 aliphatic heterocycles. The average Bonchev–Trinajstić information content (AvgIpc) is 2.62. The van der Waals surface area contributed by atoms with Crippen LogP contribution in [0.4, 0.5) is 0 Å². The summed E-state index contributed by atoms with van der Waals surface area (Å²) in [5.41, 5.74) is 0.543. The Morgan fingerprint density at radius 1 is 1.20 bits per heavy atom. The zero-order valence-electron chi connectivity index (χ0n) is 14.4. The molecule has 2 aliphatic rings. The van der Waals surface area contributed by atoms with E-state index in [1.807, 2.05) is 32.1 Å². The fourth-order valence-electron chi connectivity index (χ4n) is 3.85. The summed E-state index contributed by atoms with van der Waals surface area (Å²) in [5.74, 6) is 0.367. The van der Waals surface area contributed by atoms with Gasteiger partial charge in [-0.2, -0.15) is 0 Å². The number of hydrogen-bond donors (Lipinski definition) is 0. The van der Waals surface area contributed by atoms with Crippen LogP contribution in [0.25, 0.3) is 16.8 Å². The number of hydrogen-bond acceptors (Lipinski definition) is 3. The van der Waals surface area contributed by atoms with Crippen LogP contribution in [0.1, 0.15) is 32.3 Å². The first-order valence-corrected chi connectivity index (χ1v) is 9.51. The van der Waals surface area contributed by atoms with Gasteiger partial charge in [-0.3, -0.25) is 4.79 Å². The molecule has 0 amide bonds. The van der Waals surface area contributed by atoms with E-state index >= 15 is 0 Å². The van der Waals surface area contributed by atoms with E-state index in [1.54, 1.807) is 0 Å². The molecule has 3 nitrogen and oxygen atoms in total. The molecule has 4 heteroatoms. The van der Waals surface area contributed by atoms with Crippen molar-refractivity contribution in [2.75, 3.05) is 0 Å². The summed E-state index contributed by atoms with van der Waals surface area (Å²) in [6.45, 7) is 3.94.